The fourth-order valence-electron chi connectivity index (χ4n) is 1.47. The number of cyclic esters (lactones) is 1. The van der Waals surface area contributed by atoms with Gasteiger partial charge < -0.3 is 9.53 Å². The maximum absolute atomic E-state index is 10.9. The lowest BCUT2D eigenvalue weighted by atomic mass is 9.90. The molecule has 3 nitrogen and oxygen atoms in total. The molecule has 0 bridgehead atoms. The van der Waals surface area contributed by atoms with Crippen LogP contribution in [0.3, 0.4) is 0 Å². The van der Waals surface area contributed by atoms with Gasteiger partial charge in [0, 0.05) is 12.3 Å². The van der Waals surface area contributed by atoms with Gasteiger partial charge >= 0.3 is 5.97 Å². The molecule has 1 aliphatic rings. The lowest BCUT2D eigenvalue weighted by molar-refractivity contribution is -0.143. The molecule has 0 saturated carbocycles. The first-order valence-corrected chi connectivity index (χ1v) is 3.81. The Morgan fingerprint density at radius 2 is 2.18 bits per heavy atom. The monoisotopic (exact) mass is 156 g/mol. The number of hydrogen-bond donors (Lipinski definition) is 0. The van der Waals surface area contributed by atoms with Crippen molar-refractivity contribution in [1.82, 2.24) is 0 Å². The fraction of sp³-hybridized carbons (Fsp3) is 0.750. The van der Waals surface area contributed by atoms with Crippen LogP contribution < -0.4 is 0 Å². The average Bonchev–Trinajstić information content (AvgIpc) is 2.17. The summed E-state index contributed by atoms with van der Waals surface area (Å²) < 4.78 is 4.94. The number of carbonyl (C=O) groups is 2. The number of aldehydes is 1. The molecule has 0 aromatic rings. The molecule has 0 amide bonds. The molecule has 11 heavy (non-hydrogen) atoms. The van der Waals surface area contributed by atoms with Crippen molar-refractivity contribution in [2.45, 2.75) is 26.4 Å². The first-order valence-electron chi connectivity index (χ1n) is 3.81. The molecule has 3 heteroatoms. The first-order chi connectivity index (χ1) is 5.16. The van der Waals surface area contributed by atoms with E-state index in [0.29, 0.717) is 6.42 Å². The highest BCUT2D eigenvalue weighted by Crippen LogP contribution is 2.29. The minimum atomic E-state index is -0.177. The molecule has 0 radical (unpaired) electrons. The fourth-order valence-corrected chi connectivity index (χ4v) is 1.47. The van der Waals surface area contributed by atoms with Crippen LogP contribution in [0.4, 0.5) is 0 Å². The highest BCUT2D eigenvalue weighted by molar-refractivity contribution is 5.75. The molecule has 1 fully saturated rings. The zero-order chi connectivity index (χ0) is 8.43. The van der Waals surface area contributed by atoms with Gasteiger partial charge in [0.15, 0.2) is 0 Å². The summed E-state index contributed by atoms with van der Waals surface area (Å²) in [5, 5.41) is 0. The van der Waals surface area contributed by atoms with Gasteiger partial charge in [0.2, 0.25) is 0 Å². The topological polar surface area (TPSA) is 43.4 Å². The Kier molecular flexibility index (Phi) is 2.27. The zero-order valence-electron chi connectivity index (χ0n) is 6.74. The highest BCUT2D eigenvalue weighted by Gasteiger charge is 2.38. The van der Waals surface area contributed by atoms with Crippen molar-refractivity contribution < 1.29 is 14.3 Å². The summed E-state index contributed by atoms with van der Waals surface area (Å²) in [6, 6.07) is 0. The summed E-state index contributed by atoms with van der Waals surface area (Å²) in [6.45, 7) is 3.63. The van der Waals surface area contributed by atoms with Crippen LogP contribution in [0.5, 0.6) is 0 Å². The molecule has 0 spiro atoms. The number of carbonyl (C=O) groups excluding carboxylic acids is 2. The summed E-state index contributed by atoms with van der Waals surface area (Å²) in [4.78, 5) is 21.1. The van der Waals surface area contributed by atoms with E-state index in [-0.39, 0.29) is 23.9 Å². The summed E-state index contributed by atoms with van der Waals surface area (Å²) in [7, 11) is 0. The van der Waals surface area contributed by atoms with Crippen LogP contribution in [0.2, 0.25) is 0 Å². The van der Waals surface area contributed by atoms with Crippen LogP contribution in [0.1, 0.15) is 20.3 Å². The van der Waals surface area contributed by atoms with E-state index in [1.807, 2.05) is 6.92 Å². The molecule has 0 aliphatic carbocycles. The minimum absolute atomic E-state index is 0.0833. The SMILES string of the molecule is C[C@@H]1C(=O)O[C@H](C)[C@H]1CC=O. The van der Waals surface area contributed by atoms with Gasteiger partial charge in [0.05, 0.1) is 5.92 Å². The Morgan fingerprint density at radius 1 is 1.55 bits per heavy atom. The smallest absolute Gasteiger partial charge is 0.309 e. The van der Waals surface area contributed by atoms with Crippen LogP contribution in [0.25, 0.3) is 0 Å². The number of rotatable bonds is 2. The van der Waals surface area contributed by atoms with Gasteiger partial charge in [-0.2, -0.15) is 0 Å². The number of esters is 1. The van der Waals surface area contributed by atoms with Gasteiger partial charge in [-0.1, -0.05) is 6.92 Å². The van der Waals surface area contributed by atoms with Crippen molar-refractivity contribution in [1.29, 1.82) is 0 Å². The average molecular weight is 156 g/mol. The minimum Gasteiger partial charge on any atom is -0.462 e. The lowest BCUT2D eigenvalue weighted by Gasteiger charge is -2.10. The Labute approximate surface area is 65.7 Å². The van der Waals surface area contributed by atoms with E-state index in [2.05, 4.69) is 0 Å². The summed E-state index contributed by atoms with van der Waals surface area (Å²) in [5.41, 5.74) is 0. The van der Waals surface area contributed by atoms with E-state index < -0.39 is 0 Å². The maximum Gasteiger partial charge on any atom is 0.309 e. The van der Waals surface area contributed by atoms with Crippen molar-refractivity contribution in [2.24, 2.45) is 11.8 Å². The summed E-state index contributed by atoms with van der Waals surface area (Å²) in [6.07, 6.45) is 1.18. The van der Waals surface area contributed by atoms with E-state index in [1.54, 1.807) is 6.92 Å². The normalized spacial score (nSPS) is 36.9. The molecule has 0 N–H and O–H groups in total. The van der Waals surface area contributed by atoms with Crippen molar-refractivity contribution in [3.8, 4) is 0 Å². The second-order valence-corrected chi connectivity index (χ2v) is 3.00. The Balaban J connectivity index is 2.63. The van der Waals surface area contributed by atoms with Crippen molar-refractivity contribution in [3.05, 3.63) is 0 Å². The van der Waals surface area contributed by atoms with Crippen LogP contribution in [0.15, 0.2) is 0 Å². The molecule has 3 atom stereocenters. The molecular formula is C8H12O3. The quantitative estimate of drug-likeness (QED) is 0.438. The lowest BCUT2D eigenvalue weighted by Crippen LogP contribution is -2.16. The Morgan fingerprint density at radius 3 is 2.55 bits per heavy atom. The summed E-state index contributed by atoms with van der Waals surface area (Å²) >= 11 is 0. The molecule has 1 heterocycles. The van der Waals surface area contributed by atoms with Crippen LogP contribution in [-0.2, 0) is 14.3 Å². The summed E-state index contributed by atoms with van der Waals surface area (Å²) in [5.74, 6) is -0.209. The van der Waals surface area contributed by atoms with Gasteiger partial charge in [0.25, 0.3) is 0 Å². The molecule has 1 rings (SSSR count). The second-order valence-electron chi connectivity index (χ2n) is 3.00. The predicted octanol–water partition coefficient (Wildman–Crippen LogP) is 0.773. The van der Waals surface area contributed by atoms with E-state index in [0.717, 1.165) is 6.29 Å². The van der Waals surface area contributed by atoms with Crippen molar-refractivity contribution >= 4 is 12.3 Å². The molecule has 0 aromatic carbocycles. The highest BCUT2D eigenvalue weighted by atomic mass is 16.6. The second kappa shape index (κ2) is 3.03. The van der Waals surface area contributed by atoms with Crippen LogP contribution in [-0.4, -0.2) is 18.4 Å². The number of hydrogen-bond acceptors (Lipinski definition) is 3. The predicted molar refractivity (Wildman–Crippen MR) is 38.9 cm³/mol. The molecule has 0 unspecified atom stereocenters. The van der Waals surface area contributed by atoms with Gasteiger partial charge in [-0.3, -0.25) is 4.79 Å². The molecule has 0 aromatic heterocycles. The Hall–Kier alpha value is -0.860. The van der Waals surface area contributed by atoms with Gasteiger partial charge in [0.1, 0.15) is 12.4 Å². The third-order valence-corrected chi connectivity index (χ3v) is 2.29. The maximum atomic E-state index is 10.9. The van der Waals surface area contributed by atoms with E-state index in [4.69, 9.17) is 4.74 Å². The van der Waals surface area contributed by atoms with E-state index in [9.17, 15) is 9.59 Å². The molecule has 62 valence electrons. The number of ether oxygens (including phenoxy) is 1. The standard InChI is InChI=1S/C8H12O3/c1-5-7(3-4-9)6(2)11-8(5)10/h4-7H,3H2,1-2H3/t5-,6+,7-/m0/s1. The zero-order valence-corrected chi connectivity index (χ0v) is 6.74. The van der Waals surface area contributed by atoms with Gasteiger partial charge in [-0.05, 0) is 6.92 Å². The van der Waals surface area contributed by atoms with E-state index >= 15 is 0 Å². The van der Waals surface area contributed by atoms with Crippen LogP contribution >= 0.6 is 0 Å². The van der Waals surface area contributed by atoms with Crippen molar-refractivity contribution in [3.63, 3.8) is 0 Å². The molecule has 1 aliphatic heterocycles. The third-order valence-electron chi connectivity index (χ3n) is 2.29. The largest absolute Gasteiger partial charge is 0.462 e. The van der Waals surface area contributed by atoms with Gasteiger partial charge in [-0.15, -0.1) is 0 Å². The van der Waals surface area contributed by atoms with Gasteiger partial charge in [-0.25, -0.2) is 0 Å². The van der Waals surface area contributed by atoms with E-state index in [1.165, 1.54) is 0 Å². The van der Waals surface area contributed by atoms with Crippen molar-refractivity contribution in [2.75, 3.05) is 0 Å². The third kappa shape index (κ3) is 1.42. The first kappa shape index (κ1) is 8.24. The molecular weight excluding hydrogens is 144 g/mol. The van der Waals surface area contributed by atoms with Crippen LogP contribution in [0, 0.1) is 11.8 Å². The Bertz CT molecular complexity index is 176. The molecule has 1 saturated heterocycles.